The molecule has 124 valence electrons. The molecule has 1 aliphatic carbocycles. The van der Waals surface area contributed by atoms with Crippen LogP contribution in [0.25, 0.3) is 0 Å². The molecular weight excluding hydrogens is 266 g/mol. The highest BCUT2D eigenvalue weighted by Gasteiger charge is 2.31. The highest BCUT2D eigenvalue weighted by atomic mass is 16.5. The van der Waals surface area contributed by atoms with Crippen LogP contribution in [0.2, 0.25) is 0 Å². The van der Waals surface area contributed by atoms with E-state index < -0.39 is 0 Å². The summed E-state index contributed by atoms with van der Waals surface area (Å²) in [5.74, 6) is 2.07. The molecule has 0 radical (unpaired) electrons. The summed E-state index contributed by atoms with van der Waals surface area (Å²) in [4.78, 5) is 2.26. The lowest BCUT2D eigenvalue weighted by atomic mass is 9.75. The molecule has 1 heterocycles. The van der Waals surface area contributed by atoms with Gasteiger partial charge in [-0.3, -0.25) is 4.90 Å². The number of aliphatic hydroxyl groups excluding tert-OH is 1. The van der Waals surface area contributed by atoms with Gasteiger partial charge in [0, 0.05) is 19.6 Å². The fraction of sp³-hybridized carbons (Fsp3) is 1.00. The van der Waals surface area contributed by atoms with Crippen molar-refractivity contribution in [3.63, 3.8) is 0 Å². The van der Waals surface area contributed by atoms with E-state index in [-0.39, 0.29) is 6.10 Å². The average molecular weight is 299 g/mol. The van der Waals surface area contributed by atoms with Gasteiger partial charge in [0.05, 0.1) is 32.0 Å². The van der Waals surface area contributed by atoms with E-state index >= 15 is 0 Å². The first kappa shape index (κ1) is 17.2. The fourth-order valence-corrected chi connectivity index (χ4v) is 3.68. The molecule has 0 aromatic rings. The van der Waals surface area contributed by atoms with Gasteiger partial charge < -0.3 is 14.6 Å². The Balaban J connectivity index is 1.73. The van der Waals surface area contributed by atoms with Gasteiger partial charge in [0.2, 0.25) is 0 Å². The van der Waals surface area contributed by atoms with Gasteiger partial charge in [-0.2, -0.15) is 0 Å². The molecule has 4 atom stereocenters. The number of hydrogen-bond donors (Lipinski definition) is 1. The van der Waals surface area contributed by atoms with Crippen molar-refractivity contribution in [2.24, 2.45) is 17.8 Å². The quantitative estimate of drug-likeness (QED) is 0.816. The zero-order valence-corrected chi connectivity index (χ0v) is 14.0. The van der Waals surface area contributed by atoms with Gasteiger partial charge in [0.25, 0.3) is 0 Å². The van der Waals surface area contributed by atoms with Crippen molar-refractivity contribution >= 4 is 0 Å². The average Bonchev–Trinajstić information content (AvgIpc) is 2.46. The number of rotatable bonds is 6. The van der Waals surface area contributed by atoms with Crippen LogP contribution in [-0.4, -0.2) is 61.7 Å². The Morgan fingerprint density at radius 3 is 2.62 bits per heavy atom. The number of ether oxygens (including phenoxy) is 2. The summed E-state index contributed by atoms with van der Waals surface area (Å²) in [6, 6.07) is 0. The Labute approximate surface area is 129 Å². The summed E-state index contributed by atoms with van der Waals surface area (Å²) in [5, 5.41) is 10.2. The maximum atomic E-state index is 10.2. The largest absolute Gasteiger partial charge is 0.389 e. The lowest BCUT2D eigenvalue weighted by Gasteiger charge is -2.38. The van der Waals surface area contributed by atoms with E-state index in [0.29, 0.717) is 31.1 Å². The molecule has 1 N–H and O–H groups in total. The van der Waals surface area contributed by atoms with Gasteiger partial charge in [0.1, 0.15) is 0 Å². The molecule has 1 aliphatic heterocycles. The zero-order chi connectivity index (χ0) is 15.2. The molecule has 0 amide bonds. The molecule has 21 heavy (non-hydrogen) atoms. The topological polar surface area (TPSA) is 41.9 Å². The summed E-state index contributed by atoms with van der Waals surface area (Å²) in [6.45, 7) is 11.5. The van der Waals surface area contributed by atoms with Crippen LogP contribution >= 0.6 is 0 Å². The van der Waals surface area contributed by atoms with Crippen molar-refractivity contribution < 1.29 is 14.6 Å². The lowest BCUT2D eigenvalue weighted by Crippen LogP contribution is -2.43. The first-order valence-electron chi connectivity index (χ1n) is 8.66. The molecule has 4 nitrogen and oxygen atoms in total. The molecule has 4 heteroatoms. The SMILES string of the molecule is CC(C)[C@@H]1CC[C@@H](C)C[C@H]1OC[C@H](O)CN1CCOCC1. The third kappa shape index (κ3) is 5.51. The summed E-state index contributed by atoms with van der Waals surface area (Å²) in [6.07, 6.45) is 3.68. The molecule has 2 rings (SSSR count). The van der Waals surface area contributed by atoms with E-state index in [1.807, 2.05) is 0 Å². The Bertz CT molecular complexity index is 292. The van der Waals surface area contributed by atoms with Crippen LogP contribution in [0.4, 0.5) is 0 Å². The Morgan fingerprint density at radius 1 is 1.24 bits per heavy atom. The third-order valence-corrected chi connectivity index (χ3v) is 5.04. The van der Waals surface area contributed by atoms with Crippen LogP contribution in [-0.2, 0) is 9.47 Å². The minimum absolute atomic E-state index is 0.327. The van der Waals surface area contributed by atoms with Crippen molar-refractivity contribution in [1.82, 2.24) is 4.90 Å². The van der Waals surface area contributed by atoms with Gasteiger partial charge in [-0.15, -0.1) is 0 Å². The molecule has 2 fully saturated rings. The van der Waals surface area contributed by atoms with E-state index in [0.717, 1.165) is 38.6 Å². The Hall–Kier alpha value is -0.160. The van der Waals surface area contributed by atoms with Crippen LogP contribution < -0.4 is 0 Å². The number of aliphatic hydroxyl groups is 1. The molecule has 0 unspecified atom stereocenters. The Kier molecular flexibility index (Phi) is 6.93. The number of β-amino-alcohol motifs (C(OH)–C–C–N with tert-alkyl or cyclic N) is 1. The predicted molar refractivity (Wildman–Crippen MR) is 84.3 cm³/mol. The smallest absolute Gasteiger partial charge is 0.0900 e. The summed E-state index contributed by atoms with van der Waals surface area (Å²) < 4.78 is 11.5. The second-order valence-corrected chi connectivity index (χ2v) is 7.26. The first-order chi connectivity index (χ1) is 10.1. The van der Waals surface area contributed by atoms with Crippen molar-refractivity contribution in [2.45, 2.75) is 52.2 Å². The molecule has 0 aromatic heterocycles. The molecule has 1 saturated heterocycles. The second kappa shape index (κ2) is 8.47. The van der Waals surface area contributed by atoms with Gasteiger partial charge in [-0.1, -0.05) is 27.2 Å². The summed E-state index contributed by atoms with van der Waals surface area (Å²) >= 11 is 0. The summed E-state index contributed by atoms with van der Waals surface area (Å²) in [5.41, 5.74) is 0. The van der Waals surface area contributed by atoms with Crippen molar-refractivity contribution in [3.05, 3.63) is 0 Å². The third-order valence-electron chi connectivity index (χ3n) is 5.04. The number of morpholine rings is 1. The highest BCUT2D eigenvalue weighted by molar-refractivity contribution is 4.81. The Morgan fingerprint density at radius 2 is 1.95 bits per heavy atom. The van der Waals surface area contributed by atoms with Crippen molar-refractivity contribution in [1.29, 1.82) is 0 Å². The van der Waals surface area contributed by atoms with Crippen LogP contribution in [0.1, 0.15) is 40.0 Å². The normalized spacial score (nSPS) is 33.3. The van der Waals surface area contributed by atoms with E-state index in [1.165, 1.54) is 12.8 Å². The first-order valence-corrected chi connectivity index (χ1v) is 8.66. The standard InChI is InChI=1S/C17H33NO3/c1-13(2)16-5-4-14(3)10-17(16)21-12-15(19)11-18-6-8-20-9-7-18/h13-17,19H,4-12H2,1-3H3/t14-,15-,16+,17-/m1/s1. The molecule has 0 spiro atoms. The summed E-state index contributed by atoms with van der Waals surface area (Å²) in [7, 11) is 0. The predicted octanol–water partition coefficient (Wildman–Crippen LogP) is 2.16. The van der Waals surface area contributed by atoms with E-state index in [4.69, 9.17) is 9.47 Å². The van der Waals surface area contributed by atoms with Gasteiger partial charge in [-0.25, -0.2) is 0 Å². The van der Waals surface area contributed by atoms with Gasteiger partial charge in [-0.05, 0) is 30.6 Å². The number of nitrogens with zero attached hydrogens (tertiary/aromatic N) is 1. The van der Waals surface area contributed by atoms with Crippen LogP contribution in [0, 0.1) is 17.8 Å². The molecule has 2 aliphatic rings. The van der Waals surface area contributed by atoms with E-state index in [9.17, 15) is 5.11 Å². The maximum Gasteiger partial charge on any atom is 0.0900 e. The second-order valence-electron chi connectivity index (χ2n) is 7.26. The molecule has 0 aromatic carbocycles. The van der Waals surface area contributed by atoms with Crippen LogP contribution in [0.5, 0.6) is 0 Å². The maximum absolute atomic E-state index is 10.2. The van der Waals surface area contributed by atoms with E-state index in [1.54, 1.807) is 0 Å². The molecular formula is C17H33NO3. The zero-order valence-electron chi connectivity index (χ0n) is 14.0. The van der Waals surface area contributed by atoms with E-state index in [2.05, 4.69) is 25.7 Å². The molecule has 0 bridgehead atoms. The minimum Gasteiger partial charge on any atom is -0.389 e. The van der Waals surface area contributed by atoms with Gasteiger partial charge in [0.15, 0.2) is 0 Å². The fourth-order valence-electron chi connectivity index (χ4n) is 3.68. The van der Waals surface area contributed by atoms with Crippen LogP contribution in [0.3, 0.4) is 0 Å². The highest BCUT2D eigenvalue weighted by Crippen LogP contribution is 2.35. The minimum atomic E-state index is -0.381. The monoisotopic (exact) mass is 299 g/mol. The van der Waals surface area contributed by atoms with Crippen molar-refractivity contribution in [3.8, 4) is 0 Å². The van der Waals surface area contributed by atoms with Gasteiger partial charge >= 0.3 is 0 Å². The lowest BCUT2D eigenvalue weighted by molar-refractivity contribution is -0.0782. The van der Waals surface area contributed by atoms with Crippen LogP contribution in [0.15, 0.2) is 0 Å². The van der Waals surface area contributed by atoms with Crippen molar-refractivity contribution in [2.75, 3.05) is 39.5 Å². The number of hydrogen-bond acceptors (Lipinski definition) is 4. The molecule has 1 saturated carbocycles.